The van der Waals surface area contributed by atoms with E-state index in [0.29, 0.717) is 6.54 Å². The summed E-state index contributed by atoms with van der Waals surface area (Å²) >= 11 is 0. The van der Waals surface area contributed by atoms with Gasteiger partial charge in [-0.05, 0) is 13.6 Å². The molecule has 70 valence electrons. The lowest BCUT2D eigenvalue weighted by Crippen LogP contribution is -2.55. The van der Waals surface area contributed by atoms with Crippen molar-refractivity contribution in [2.24, 2.45) is 0 Å². The Bertz CT molecular complexity index is 172. The van der Waals surface area contributed by atoms with Gasteiger partial charge in [-0.2, -0.15) is 0 Å². The van der Waals surface area contributed by atoms with Crippen molar-refractivity contribution in [3.63, 3.8) is 0 Å². The van der Waals surface area contributed by atoms with Gasteiger partial charge in [0, 0.05) is 19.6 Å². The van der Waals surface area contributed by atoms with Gasteiger partial charge in [-0.25, -0.2) is 0 Å². The number of aliphatic carboxylic acids is 1. The molecule has 1 fully saturated rings. The molecular weight excluding hydrogens is 156 g/mol. The molecule has 1 heterocycles. The maximum absolute atomic E-state index is 10.8. The summed E-state index contributed by atoms with van der Waals surface area (Å²) < 4.78 is 0. The number of rotatable bonds is 2. The standard InChI is InChI=1S/C8H16N2O2/c1-3-10-5-4-9(2)6-7(10)8(11)12/h7H,3-6H2,1-2H3,(H,11,12)/t7-/m0/s1. The molecule has 0 aromatic heterocycles. The van der Waals surface area contributed by atoms with E-state index in [2.05, 4.69) is 4.90 Å². The molecule has 0 aromatic carbocycles. The fourth-order valence-electron chi connectivity index (χ4n) is 1.57. The van der Waals surface area contributed by atoms with E-state index < -0.39 is 5.97 Å². The Hall–Kier alpha value is -0.610. The van der Waals surface area contributed by atoms with Crippen molar-refractivity contribution in [3.05, 3.63) is 0 Å². The number of nitrogens with zero attached hydrogens (tertiary/aromatic N) is 2. The molecule has 0 amide bonds. The number of carboxylic acid groups (broad SMARTS) is 1. The maximum Gasteiger partial charge on any atom is 0.322 e. The minimum atomic E-state index is -0.705. The van der Waals surface area contributed by atoms with E-state index in [1.165, 1.54) is 0 Å². The molecule has 1 saturated heterocycles. The Morgan fingerprint density at radius 2 is 2.25 bits per heavy atom. The van der Waals surface area contributed by atoms with Crippen LogP contribution in [0.15, 0.2) is 0 Å². The van der Waals surface area contributed by atoms with Gasteiger partial charge in [-0.3, -0.25) is 9.69 Å². The highest BCUT2D eigenvalue weighted by atomic mass is 16.4. The van der Waals surface area contributed by atoms with Crippen LogP contribution in [-0.2, 0) is 4.79 Å². The SMILES string of the molecule is CCN1CCN(C)C[C@H]1C(=O)O. The van der Waals surface area contributed by atoms with Gasteiger partial charge >= 0.3 is 5.97 Å². The largest absolute Gasteiger partial charge is 0.480 e. The summed E-state index contributed by atoms with van der Waals surface area (Å²) in [4.78, 5) is 14.9. The molecule has 1 aliphatic heterocycles. The van der Waals surface area contributed by atoms with Crippen LogP contribution in [0, 0.1) is 0 Å². The lowest BCUT2D eigenvalue weighted by atomic mass is 10.2. The molecule has 4 nitrogen and oxygen atoms in total. The third-order valence-corrected chi connectivity index (χ3v) is 2.39. The third-order valence-electron chi connectivity index (χ3n) is 2.39. The minimum Gasteiger partial charge on any atom is -0.480 e. The third kappa shape index (κ3) is 1.95. The monoisotopic (exact) mass is 172 g/mol. The summed E-state index contributed by atoms with van der Waals surface area (Å²) in [7, 11) is 1.96. The molecule has 0 aromatic rings. The van der Waals surface area contributed by atoms with Gasteiger partial charge in [0.2, 0.25) is 0 Å². The molecule has 0 bridgehead atoms. The van der Waals surface area contributed by atoms with Crippen molar-refractivity contribution in [3.8, 4) is 0 Å². The van der Waals surface area contributed by atoms with E-state index >= 15 is 0 Å². The molecule has 0 saturated carbocycles. The van der Waals surface area contributed by atoms with Gasteiger partial charge in [-0.1, -0.05) is 6.92 Å². The molecule has 0 unspecified atom stereocenters. The van der Waals surface area contributed by atoms with E-state index in [0.717, 1.165) is 19.6 Å². The van der Waals surface area contributed by atoms with Crippen LogP contribution in [0.2, 0.25) is 0 Å². The topological polar surface area (TPSA) is 43.8 Å². The molecule has 1 N–H and O–H groups in total. The number of likely N-dealkylation sites (N-methyl/N-ethyl adjacent to an activating group) is 2. The second-order valence-corrected chi connectivity index (χ2v) is 3.24. The lowest BCUT2D eigenvalue weighted by Gasteiger charge is -2.36. The van der Waals surface area contributed by atoms with Crippen LogP contribution in [-0.4, -0.2) is 60.1 Å². The summed E-state index contributed by atoms with van der Waals surface area (Å²) in [6.07, 6.45) is 0. The van der Waals surface area contributed by atoms with Crippen molar-refractivity contribution in [1.82, 2.24) is 9.80 Å². The first-order valence-corrected chi connectivity index (χ1v) is 4.30. The van der Waals surface area contributed by atoms with Crippen molar-refractivity contribution >= 4 is 5.97 Å². The highest BCUT2D eigenvalue weighted by Gasteiger charge is 2.29. The molecule has 12 heavy (non-hydrogen) atoms. The molecule has 0 aliphatic carbocycles. The second kappa shape index (κ2) is 3.87. The average Bonchev–Trinajstić information content (AvgIpc) is 2.04. The Kier molecular flexibility index (Phi) is 3.05. The van der Waals surface area contributed by atoms with Gasteiger partial charge < -0.3 is 10.0 Å². The van der Waals surface area contributed by atoms with Crippen LogP contribution in [0.5, 0.6) is 0 Å². The number of carboxylic acids is 1. The van der Waals surface area contributed by atoms with Gasteiger partial charge in [0.05, 0.1) is 0 Å². The van der Waals surface area contributed by atoms with Crippen molar-refractivity contribution in [2.45, 2.75) is 13.0 Å². The first-order chi connectivity index (χ1) is 5.65. The number of carbonyl (C=O) groups is 1. The average molecular weight is 172 g/mol. The summed E-state index contributed by atoms with van der Waals surface area (Å²) in [5.41, 5.74) is 0. The highest BCUT2D eigenvalue weighted by molar-refractivity contribution is 5.73. The molecular formula is C8H16N2O2. The zero-order valence-corrected chi connectivity index (χ0v) is 7.66. The van der Waals surface area contributed by atoms with Crippen LogP contribution in [0.1, 0.15) is 6.92 Å². The second-order valence-electron chi connectivity index (χ2n) is 3.24. The predicted molar refractivity (Wildman–Crippen MR) is 46.2 cm³/mol. The fraction of sp³-hybridized carbons (Fsp3) is 0.875. The van der Waals surface area contributed by atoms with E-state index in [9.17, 15) is 4.79 Å². The first-order valence-electron chi connectivity index (χ1n) is 4.30. The molecule has 0 radical (unpaired) electrons. The Labute approximate surface area is 72.8 Å². The van der Waals surface area contributed by atoms with Crippen LogP contribution in [0.25, 0.3) is 0 Å². The van der Waals surface area contributed by atoms with Crippen LogP contribution >= 0.6 is 0 Å². The summed E-state index contributed by atoms with van der Waals surface area (Å²) in [6, 6.07) is -0.311. The van der Waals surface area contributed by atoms with Crippen molar-refractivity contribution in [1.29, 1.82) is 0 Å². The van der Waals surface area contributed by atoms with Crippen molar-refractivity contribution in [2.75, 3.05) is 33.2 Å². The maximum atomic E-state index is 10.8. The van der Waals surface area contributed by atoms with Gasteiger partial charge in [0.25, 0.3) is 0 Å². The Morgan fingerprint density at radius 3 is 2.75 bits per heavy atom. The van der Waals surface area contributed by atoms with Gasteiger partial charge in [0.15, 0.2) is 0 Å². The quantitative estimate of drug-likeness (QED) is 0.621. The minimum absolute atomic E-state index is 0.311. The van der Waals surface area contributed by atoms with Crippen molar-refractivity contribution < 1.29 is 9.90 Å². The first kappa shape index (κ1) is 9.48. The molecule has 0 spiro atoms. The molecule has 1 aliphatic rings. The fourth-order valence-corrected chi connectivity index (χ4v) is 1.57. The van der Waals surface area contributed by atoms with E-state index in [4.69, 9.17) is 5.11 Å². The normalized spacial score (nSPS) is 27.3. The number of piperazine rings is 1. The smallest absolute Gasteiger partial charge is 0.322 e. The summed E-state index contributed by atoms with van der Waals surface area (Å²) in [6.45, 7) is 5.30. The van der Waals surface area contributed by atoms with Crippen LogP contribution < -0.4 is 0 Å². The summed E-state index contributed by atoms with van der Waals surface area (Å²) in [5, 5.41) is 8.89. The van der Waals surface area contributed by atoms with Crippen LogP contribution in [0.3, 0.4) is 0 Å². The molecule has 4 heteroatoms. The zero-order valence-electron chi connectivity index (χ0n) is 7.66. The highest BCUT2D eigenvalue weighted by Crippen LogP contribution is 2.07. The Morgan fingerprint density at radius 1 is 1.58 bits per heavy atom. The van der Waals surface area contributed by atoms with E-state index in [1.54, 1.807) is 0 Å². The molecule has 1 rings (SSSR count). The Balaban J connectivity index is 2.58. The van der Waals surface area contributed by atoms with E-state index in [-0.39, 0.29) is 6.04 Å². The lowest BCUT2D eigenvalue weighted by molar-refractivity contribution is -0.145. The van der Waals surface area contributed by atoms with Gasteiger partial charge in [0.1, 0.15) is 6.04 Å². The zero-order chi connectivity index (χ0) is 9.14. The number of hydrogen-bond acceptors (Lipinski definition) is 3. The van der Waals surface area contributed by atoms with Gasteiger partial charge in [-0.15, -0.1) is 0 Å². The summed E-state index contributed by atoms with van der Waals surface area (Å²) in [5.74, 6) is -0.705. The predicted octanol–water partition coefficient (Wildman–Crippen LogP) is -0.293. The molecule has 1 atom stereocenters. The van der Waals surface area contributed by atoms with E-state index in [1.807, 2.05) is 18.9 Å². The van der Waals surface area contributed by atoms with Crippen LogP contribution in [0.4, 0.5) is 0 Å². The number of hydrogen-bond donors (Lipinski definition) is 1.